The normalized spacial score (nSPS) is 11.3. The zero-order valence-electron chi connectivity index (χ0n) is 16.5. The van der Waals surface area contributed by atoms with Gasteiger partial charge in [-0.05, 0) is 32.9 Å². The Balaban J connectivity index is 1.85. The molecule has 0 aliphatic carbocycles. The van der Waals surface area contributed by atoms with E-state index in [1.165, 1.54) is 0 Å². The summed E-state index contributed by atoms with van der Waals surface area (Å²) in [4.78, 5) is 19.9. The molecular formula is C22H24N2O2S2. The first-order valence-electron chi connectivity index (χ1n) is 9.04. The number of carbonyl (C=O) groups is 1. The van der Waals surface area contributed by atoms with E-state index in [2.05, 4.69) is 24.3 Å². The lowest BCUT2D eigenvalue weighted by molar-refractivity contribution is 0.0285. The standard InChI is InChI=1S/C22H24N2O2S2/c1-22(2,3)26-21(25)24(4)15-18-23-19(16-11-7-5-8-12-16)20(28-18)27-17-13-9-6-10-14-17/h5-14H,15H2,1-4H3. The Morgan fingerprint density at radius 1 is 1.07 bits per heavy atom. The van der Waals surface area contributed by atoms with E-state index in [-0.39, 0.29) is 6.09 Å². The van der Waals surface area contributed by atoms with Crippen molar-refractivity contribution in [1.82, 2.24) is 9.88 Å². The fourth-order valence-electron chi connectivity index (χ4n) is 2.47. The third kappa shape index (κ3) is 5.59. The van der Waals surface area contributed by atoms with Crippen molar-refractivity contribution in [3.8, 4) is 11.3 Å². The molecule has 0 unspecified atom stereocenters. The zero-order chi connectivity index (χ0) is 20.1. The van der Waals surface area contributed by atoms with Crippen LogP contribution in [0.1, 0.15) is 25.8 Å². The molecule has 0 fully saturated rings. The summed E-state index contributed by atoms with van der Waals surface area (Å²) >= 11 is 3.31. The van der Waals surface area contributed by atoms with E-state index in [0.29, 0.717) is 6.54 Å². The van der Waals surface area contributed by atoms with Crippen LogP contribution in [0.3, 0.4) is 0 Å². The molecule has 1 aromatic heterocycles. The van der Waals surface area contributed by atoms with Gasteiger partial charge in [0.05, 0.1) is 16.4 Å². The smallest absolute Gasteiger partial charge is 0.410 e. The van der Waals surface area contributed by atoms with Crippen molar-refractivity contribution >= 4 is 29.2 Å². The number of hydrogen-bond donors (Lipinski definition) is 0. The zero-order valence-corrected chi connectivity index (χ0v) is 18.1. The lowest BCUT2D eigenvalue weighted by Crippen LogP contribution is -2.33. The lowest BCUT2D eigenvalue weighted by Gasteiger charge is -2.24. The van der Waals surface area contributed by atoms with Crippen LogP contribution in [0.15, 0.2) is 69.8 Å². The van der Waals surface area contributed by atoms with Crippen LogP contribution in [0.4, 0.5) is 4.79 Å². The molecule has 2 aromatic carbocycles. The van der Waals surface area contributed by atoms with Gasteiger partial charge in [0.2, 0.25) is 0 Å². The van der Waals surface area contributed by atoms with Gasteiger partial charge < -0.3 is 9.64 Å². The average molecular weight is 413 g/mol. The second kappa shape index (κ2) is 8.80. The molecule has 146 valence electrons. The van der Waals surface area contributed by atoms with Gasteiger partial charge in [0.25, 0.3) is 0 Å². The van der Waals surface area contributed by atoms with Crippen LogP contribution in [0.5, 0.6) is 0 Å². The molecule has 3 rings (SSSR count). The van der Waals surface area contributed by atoms with Gasteiger partial charge in [-0.1, -0.05) is 60.3 Å². The van der Waals surface area contributed by atoms with Gasteiger partial charge >= 0.3 is 6.09 Å². The Morgan fingerprint density at radius 3 is 2.29 bits per heavy atom. The number of nitrogens with zero attached hydrogens (tertiary/aromatic N) is 2. The Labute approximate surface area is 174 Å². The molecule has 0 N–H and O–H groups in total. The fraction of sp³-hybridized carbons (Fsp3) is 0.273. The van der Waals surface area contributed by atoms with Gasteiger partial charge in [-0.3, -0.25) is 0 Å². The van der Waals surface area contributed by atoms with Crippen molar-refractivity contribution in [2.75, 3.05) is 7.05 Å². The van der Waals surface area contributed by atoms with E-state index in [0.717, 1.165) is 25.4 Å². The van der Waals surface area contributed by atoms with E-state index < -0.39 is 5.60 Å². The van der Waals surface area contributed by atoms with Crippen LogP contribution in [0, 0.1) is 0 Å². The number of hydrogen-bond acceptors (Lipinski definition) is 5. The van der Waals surface area contributed by atoms with E-state index >= 15 is 0 Å². The van der Waals surface area contributed by atoms with Crippen molar-refractivity contribution in [3.63, 3.8) is 0 Å². The SMILES string of the molecule is CN(Cc1nc(-c2ccccc2)c(Sc2ccccc2)s1)C(=O)OC(C)(C)C. The molecule has 0 aliphatic rings. The van der Waals surface area contributed by atoms with E-state index in [1.54, 1.807) is 35.0 Å². The fourth-order valence-corrected chi connectivity index (χ4v) is 4.85. The monoisotopic (exact) mass is 412 g/mol. The van der Waals surface area contributed by atoms with Crippen molar-refractivity contribution < 1.29 is 9.53 Å². The molecule has 0 atom stereocenters. The maximum atomic E-state index is 12.3. The molecule has 0 saturated heterocycles. The predicted octanol–water partition coefficient (Wildman–Crippen LogP) is 6.33. The third-order valence-electron chi connectivity index (χ3n) is 3.72. The van der Waals surface area contributed by atoms with Crippen LogP contribution in [0.25, 0.3) is 11.3 Å². The summed E-state index contributed by atoms with van der Waals surface area (Å²) in [5, 5.41) is 0.880. The van der Waals surface area contributed by atoms with Crippen LogP contribution < -0.4 is 0 Å². The van der Waals surface area contributed by atoms with Crippen LogP contribution in [-0.4, -0.2) is 28.6 Å². The van der Waals surface area contributed by atoms with E-state index in [4.69, 9.17) is 9.72 Å². The highest BCUT2D eigenvalue weighted by molar-refractivity contribution is 8.01. The minimum Gasteiger partial charge on any atom is -0.444 e. The first-order valence-corrected chi connectivity index (χ1v) is 10.7. The summed E-state index contributed by atoms with van der Waals surface area (Å²) in [6.07, 6.45) is -0.346. The molecule has 6 heteroatoms. The molecule has 0 spiro atoms. The predicted molar refractivity (Wildman–Crippen MR) is 116 cm³/mol. The third-order valence-corrected chi connectivity index (χ3v) is 5.94. The maximum Gasteiger partial charge on any atom is 0.410 e. The first kappa shape index (κ1) is 20.4. The summed E-state index contributed by atoms with van der Waals surface area (Å²) in [5.74, 6) is 0. The van der Waals surface area contributed by atoms with Crippen LogP contribution in [0.2, 0.25) is 0 Å². The van der Waals surface area contributed by atoms with Crippen LogP contribution >= 0.6 is 23.1 Å². The Hall–Kier alpha value is -2.31. The minimum atomic E-state index is -0.516. The van der Waals surface area contributed by atoms with Gasteiger partial charge in [0, 0.05) is 17.5 Å². The molecule has 0 aliphatic heterocycles. The highest BCUT2D eigenvalue weighted by Gasteiger charge is 2.22. The largest absolute Gasteiger partial charge is 0.444 e. The molecule has 0 bridgehead atoms. The highest BCUT2D eigenvalue weighted by Crippen LogP contribution is 2.40. The Morgan fingerprint density at radius 2 is 1.68 bits per heavy atom. The number of ether oxygens (including phenoxy) is 1. The number of aromatic nitrogens is 1. The molecule has 3 aromatic rings. The summed E-state index contributed by atoms with van der Waals surface area (Å²) in [6.45, 7) is 6.01. The van der Waals surface area contributed by atoms with Crippen molar-refractivity contribution in [2.45, 2.75) is 42.0 Å². The minimum absolute atomic E-state index is 0.346. The molecule has 28 heavy (non-hydrogen) atoms. The first-order chi connectivity index (χ1) is 13.3. The summed E-state index contributed by atoms with van der Waals surface area (Å²) in [6, 6.07) is 20.4. The van der Waals surface area contributed by atoms with Crippen molar-refractivity contribution in [3.05, 3.63) is 65.7 Å². The number of amides is 1. The molecule has 0 saturated carbocycles. The lowest BCUT2D eigenvalue weighted by atomic mass is 10.2. The maximum absolute atomic E-state index is 12.3. The molecular weight excluding hydrogens is 388 g/mol. The summed E-state index contributed by atoms with van der Waals surface area (Å²) < 4.78 is 6.56. The van der Waals surface area contributed by atoms with Crippen molar-refractivity contribution in [1.29, 1.82) is 0 Å². The van der Waals surface area contributed by atoms with Gasteiger partial charge in [0.1, 0.15) is 10.6 Å². The second-order valence-electron chi connectivity index (χ2n) is 7.36. The number of carbonyl (C=O) groups excluding carboxylic acids is 1. The Bertz CT molecular complexity index is 919. The second-order valence-corrected chi connectivity index (χ2v) is 9.79. The average Bonchev–Trinajstić information content (AvgIpc) is 3.04. The van der Waals surface area contributed by atoms with Gasteiger partial charge in [-0.25, -0.2) is 9.78 Å². The van der Waals surface area contributed by atoms with E-state index in [9.17, 15) is 4.79 Å². The van der Waals surface area contributed by atoms with Gasteiger partial charge in [0.15, 0.2) is 0 Å². The van der Waals surface area contributed by atoms with Crippen LogP contribution in [-0.2, 0) is 11.3 Å². The quantitative estimate of drug-likeness (QED) is 0.491. The number of benzene rings is 2. The van der Waals surface area contributed by atoms with E-state index in [1.807, 2.05) is 57.2 Å². The highest BCUT2D eigenvalue weighted by atomic mass is 32.2. The number of thiazole rings is 1. The van der Waals surface area contributed by atoms with Crippen molar-refractivity contribution in [2.24, 2.45) is 0 Å². The molecule has 0 radical (unpaired) electrons. The molecule has 1 amide bonds. The number of rotatable bonds is 5. The summed E-state index contributed by atoms with van der Waals surface area (Å²) in [5.41, 5.74) is 1.51. The van der Waals surface area contributed by atoms with Gasteiger partial charge in [-0.2, -0.15) is 0 Å². The summed E-state index contributed by atoms with van der Waals surface area (Å²) in [7, 11) is 1.74. The molecule has 4 nitrogen and oxygen atoms in total. The topological polar surface area (TPSA) is 42.4 Å². The molecule has 1 heterocycles. The Kier molecular flexibility index (Phi) is 6.42. The van der Waals surface area contributed by atoms with Gasteiger partial charge in [-0.15, -0.1) is 11.3 Å².